The van der Waals surface area contributed by atoms with Crippen molar-refractivity contribution in [2.24, 2.45) is 0 Å². The number of halogens is 1. The average molecular weight is 299 g/mol. The summed E-state index contributed by atoms with van der Waals surface area (Å²) in [4.78, 5) is 26.6. The van der Waals surface area contributed by atoms with E-state index in [4.69, 9.17) is 21.1 Å². The van der Waals surface area contributed by atoms with E-state index in [1.54, 1.807) is 27.2 Å². The molecule has 2 amide bonds. The number of carbonyl (C=O) groups excluding carboxylic acids is 2. The Hall–Kier alpha value is -1.95. The first-order valence-electron chi connectivity index (χ1n) is 5.95. The second-order valence-electron chi connectivity index (χ2n) is 4.64. The molecule has 0 aromatic heterocycles. The minimum atomic E-state index is -0.305. The van der Waals surface area contributed by atoms with Crippen LogP contribution in [0, 0.1) is 0 Å². The topological polar surface area (TPSA) is 59.1 Å². The Kier molecular flexibility index (Phi) is 4.04. The molecule has 20 heavy (non-hydrogen) atoms. The van der Waals surface area contributed by atoms with Crippen LogP contribution in [-0.4, -0.2) is 56.1 Å². The van der Waals surface area contributed by atoms with Gasteiger partial charge in [-0.3, -0.25) is 9.59 Å². The third-order valence-electron chi connectivity index (χ3n) is 2.89. The van der Waals surface area contributed by atoms with E-state index in [-0.39, 0.29) is 25.2 Å². The molecule has 1 aliphatic heterocycles. The summed E-state index contributed by atoms with van der Waals surface area (Å²) >= 11 is 6.03. The minimum Gasteiger partial charge on any atom is -0.454 e. The lowest BCUT2D eigenvalue weighted by Crippen LogP contribution is -2.37. The zero-order valence-electron chi connectivity index (χ0n) is 11.5. The first-order valence-corrected chi connectivity index (χ1v) is 6.32. The predicted octanol–water partition coefficient (Wildman–Crippen LogP) is 1.23. The number of likely N-dealkylation sites (N-methyl/N-ethyl adjacent to an activating group) is 2. The summed E-state index contributed by atoms with van der Waals surface area (Å²) in [6.07, 6.45) is 0. The van der Waals surface area contributed by atoms with Gasteiger partial charge in [-0.05, 0) is 12.1 Å². The fourth-order valence-corrected chi connectivity index (χ4v) is 1.99. The van der Waals surface area contributed by atoms with Gasteiger partial charge in [0.15, 0.2) is 11.5 Å². The van der Waals surface area contributed by atoms with E-state index in [0.29, 0.717) is 22.1 Å². The lowest BCUT2D eigenvalue weighted by Gasteiger charge is -2.19. The monoisotopic (exact) mass is 298 g/mol. The zero-order valence-corrected chi connectivity index (χ0v) is 12.2. The number of hydrogen-bond donors (Lipinski definition) is 0. The van der Waals surface area contributed by atoms with Crippen LogP contribution >= 0.6 is 11.6 Å². The number of ether oxygens (including phenoxy) is 2. The molecule has 0 spiro atoms. The average Bonchev–Trinajstić information content (AvgIpc) is 2.86. The summed E-state index contributed by atoms with van der Waals surface area (Å²) < 4.78 is 10.4. The molecule has 108 valence electrons. The van der Waals surface area contributed by atoms with Gasteiger partial charge in [0.1, 0.15) is 0 Å². The molecule has 1 heterocycles. The van der Waals surface area contributed by atoms with Crippen LogP contribution in [0.3, 0.4) is 0 Å². The molecule has 0 bridgehead atoms. The maximum atomic E-state index is 12.3. The second-order valence-corrected chi connectivity index (χ2v) is 5.05. The maximum Gasteiger partial charge on any atom is 0.254 e. The molecule has 1 aliphatic rings. The summed E-state index contributed by atoms with van der Waals surface area (Å²) in [5, 5.41) is 0.315. The van der Waals surface area contributed by atoms with Gasteiger partial charge in [-0.15, -0.1) is 0 Å². The molecule has 1 aromatic carbocycles. The Morgan fingerprint density at radius 2 is 1.95 bits per heavy atom. The molecular formula is C13H15ClN2O4. The number of rotatable bonds is 3. The third kappa shape index (κ3) is 2.80. The summed E-state index contributed by atoms with van der Waals surface area (Å²) in [7, 11) is 4.83. The van der Waals surface area contributed by atoms with Crippen molar-refractivity contribution in [2.45, 2.75) is 0 Å². The van der Waals surface area contributed by atoms with Crippen molar-refractivity contribution in [2.75, 3.05) is 34.5 Å². The fourth-order valence-electron chi connectivity index (χ4n) is 1.73. The number of nitrogens with zero attached hydrogens (tertiary/aromatic N) is 2. The van der Waals surface area contributed by atoms with Crippen molar-refractivity contribution in [1.82, 2.24) is 9.80 Å². The van der Waals surface area contributed by atoms with Gasteiger partial charge >= 0.3 is 0 Å². The second kappa shape index (κ2) is 5.58. The van der Waals surface area contributed by atoms with Gasteiger partial charge in [0.25, 0.3) is 5.91 Å². The first kappa shape index (κ1) is 14.5. The quantitative estimate of drug-likeness (QED) is 0.842. The van der Waals surface area contributed by atoms with Gasteiger partial charge in [0.2, 0.25) is 12.7 Å². The van der Waals surface area contributed by atoms with E-state index in [2.05, 4.69) is 0 Å². The van der Waals surface area contributed by atoms with Crippen LogP contribution in [0.1, 0.15) is 10.4 Å². The van der Waals surface area contributed by atoms with Gasteiger partial charge in [-0.2, -0.15) is 0 Å². The normalized spacial score (nSPS) is 12.2. The third-order valence-corrected chi connectivity index (χ3v) is 3.17. The maximum absolute atomic E-state index is 12.3. The highest BCUT2D eigenvalue weighted by Gasteiger charge is 2.23. The highest BCUT2D eigenvalue weighted by atomic mass is 35.5. The summed E-state index contributed by atoms with van der Waals surface area (Å²) in [6, 6.07) is 3.07. The molecule has 0 saturated heterocycles. The summed E-state index contributed by atoms with van der Waals surface area (Å²) in [5.41, 5.74) is 0.355. The van der Waals surface area contributed by atoms with Gasteiger partial charge in [0, 0.05) is 26.7 Å². The van der Waals surface area contributed by atoms with Gasteiger partial charge in [0.05, 0.1) is 11.6 Å². The highest BCUT2D eigenvalue weighted by Crippen LogP contribution is 2.39. The minimum absolute atomic E-state index is 0.00209. The lowest BCUT2D eigenvalue weighted by molar-refractivity contribution is -0.129. The smallest absolute Gasteiger partial charge is 0.254 e. The van der Waals surface area contributed by atoms with Crippen LogP contribution < -0.4 is 9.47 Å². The fraction of sp³-hybridized carbons (Fsp3) is 0.385. The molecule has 0 unspecified atom stereocenters. The molecule has 0 N–H and O–H groups in total. The van der Waals surface area contributed by atoms with Crippen molar-refractivity contribution < 1.29 is 19.1 Å². The molecule has 1 aromatic rings. The van der Waals surface area contributed by atoms with E-state index >= 15 is 0 Å². The van der Waals surface area contributed by atoms with Crippen molar-refractivity contribution in [1.29, 1.82) is 0 Å². The van der Waals surface area contributed by atoms with Gasteiger partial charge < -0.3 is 19.3 Å². The molecule has 6 nitrogen and oxygen atoms in total. The molecular weight excluding hydrogens is 284 g/mol. The van der Waals surface area contributed by atoms with Crippen LogP contribution in [-0.2, 0) is 4.79 Å². The van der Waals surface area contributed by atoms with Crippen LogP contribution in [0.5, 0.6) is 11.5 Å². The first-order chi connectivity index (χ1) is 9.40. The molecule has 0 saturated carbocycles. The van der Waals surface area contributed by atoms with E-state index < -0.39 is 0 Å². The number of benzene rings is 1. The van der Waals surface area contributed by atoms with Gasteiger partial charge in [-0.25, -0.2) is 0 Å². The predicted molar refractivity (Wildman–Crippen MR) is 73.2 cm³/mol. The van der Waals surface area contributed by atoms with Gasteiger partial charge in [-0.1, -0.05) is 11.6 Å². The molecule has 2 rings (SSSR count). The van der Waals surface area contributed by atoms with Crippen molar-refractivity contribution in [3.63, 3.8) is 0 Å². The van der Waals surface area contributed by atoms with E-state index in [1.807, 2.05) is 0 Å². The van der Waals surface area contributed by atoms with Crippen molar-refractivity contribution >= 4 is 23.4 Å². The van der Waals surface area contributed by atoms with E-state index in [9.17, 15) is 9.59 Å². The summed E-state index contributed by atoms with van der Waals surface area (Å²) in [6.45, 7) is 0.0829. The largest absolute Gasteiger partial charge is 0.454 e. The number of carbonyl (C=O) groups is 2. The van der Waals surface area contributed by atoms with E-state index in [0.717, 1.165) is 0 Å². The van der Waals surface area contributed by atoms with Crippen LogP contribution in [0.15, 0.2) is 12.1 Å². The number of hydrogen-bond acceptors (Lipinski definition) is 4. The standard InChI is InChI=1S/C13H15ClN2O4/c1-15(2)11(17)6-16(3)13(18)8-4-9(14)12-10(5-8)19-7-20-12/h4-5H,6-7H2,1-3H3. The number of amides is 2. The molecule has 7 heteroatoms. The van der Waals surface area contributed by atoms with E-state index in [1.165, 1.54) is 15.9 Å². The zero-order chi connectivity index (χ0) is 14.9. The van der Waals surface area contributed by atoms with Crippen molar-refractivity contribution in [3.8, 4) is 11.5 Å². The molecule has 0 radical (unpaired) electrons. The highest BCUT2D eigenvalue weighted by molar-refractivity contribution is 6.32. The molecule has 0 fully saturated rings. The van der Waals surface area contributed by atoms with Crippen molar-refractivity contribution in [3.05, 3.63) is 22.7 Å². The number of fused-ring (bicyclic) bond motifs is 1. The van der Waals surface area contributed by atoms with Crippen LogP contribution in [0.2, 0.25) is 5.02 Å². The lowest BCUT2D eigenvalue weighted by atomic mass is 10.1. The van der Waals surface area contributed by atoms with Crippen LogP contribution in [0.4, 0.5) is 0 Å². The Labute approximate surface area is 121 Å². The molecule has 0 atom stereocenters. The Morgan fingerprint density at radius 1 is 1.25 bits per heavy atom. The Morgan fingerprint density at radius 3 is 2.60 bits per heavy atom. The SMILES string of the molecule is CN(C)C(=O)CN(C)C(=O)c1cc(Cl)c2c(c1)OCO2. The molecule has 0 aliphatic carbocycles. The Balaban J connectivity index is 2.17. The van der Waals surface area contributed by atoms with Crippen LogP contribution in [0.25, 0.3) is 0 Å². The summed E-state index contributed by atoms with van der Waals surface area (Å²) in [5.74, 6) is 0.413. The Bertz CT molecular complexity index is 560.